The monoisotopic (exact) mass is 289 g/mol. The van der Waals surface area contributed by atoms with Gasteiger partial charge in [-0.15, -0.1) is 12.4 Å². The van der Waals surface area contributed by atoms with Crippen LogP contribution in [0.2, 0.25) is 5.02 Å². The minimum atomic E-state index is 0. The molecule has 2 nitrogen and oxygen atoms in total. The van der Waals surface area contributed by atoms with Crippen molar-refractivity contribution in [1.82, 2.24) is 0 Å². The standard InChI is InChI=1S/C14H20ClNO.ClH/c1-9-5-12(7-10(2)16)14(13(15)6-9)17-8-11-3-4-11;/h5-6,10-11H,3-4,7-8,16H2,1-2H3;1H. The Labute approximate surface area is 120 Å². The first-order valence-corrected chi connectivity index (χ1v) is 6.61. The van der Waals surface area contributed by atoms with Crippen LogP contribution < -0.4 is 10.5 Å². The number of hydrogen-bond donors (Lipinski definition) is 1. The lowest BCUT2D eigenvalue weighted by Gasteiger charge is -2.15. The van der Waals surface area contributed by atoms with Crippen LogP contribution in [-0.4, -0.2) is 12.6 Å². The fraction of sp³-hybridized carbons (Fsp3) is 0.571. The second-order valence-electron chi connectivity index (χ2n) is 5.17. The number of aryl methyl sites for hydroxylation is 1. The maximum Gasteiger partial charge on any atom is 0.141 e. The van der Waals surface area contributed by atoms with Crippen LogP contribution in [0.1, 0.15) is 30.9 Å². The average molecular weight is 290 g/mol. The molecule has 1 fully saturated rings. The molecular formula is C14H21Cl2NO. The summed E-state index contributed by atoms with van der Waals surface area (Å²) in [6, 6.07) is 4.20. The van der Waals surface area contributed by atoms with Gasteiger partial charge in [-0.3, -0.25) is 0 Å². The van der Waals surface area contributed by atoms with E-state index in [2.05, 4.69) is 6.07 Å². The summed E-state index contributed by atoms with van der Waals surface area (Å²) in [6.45, 7) is 4.83. The first kappa shape index (κ1) is 15.6. The van der Waals surface area contributed by atoms with E-state index < -0.39 is 0 Å². The summed E-state index contributed by atoms with van der Waals surface area (Å²) in [4.78, 5) is 0. The highest BCUT2D eigenvalue weighted by Crippen LogP contribution is 2.34. The molecule has 0 radical (unpaired) electrons. The van der Waals surface area contributed by atoms with Crippen LogP contribution in [0.5, 0.6) is 5.75 Å². The molecule has 4 heteroatoms. The van der Waals surface area contributed by atoms with Crippen LogP contribution in [0.4, 0.5) is 0 Å². The predicted octanol–water partition coefficient (Wildman–Crippen LogP) is 3.75. The molecule has 1 unspecified atom stereocenters. The number of nitrogens with two attached hydrogens (primary N) is 1. The molecule has 2 rings (SSSR count). The second-order valence-corrected chi connectivity index (χ2v) is 5.58. The smallest absolute Gasteiger partial charge is 0.141 e. The lowest BCUT2D eigenvalue weighted by molar-refractivity contribution is 0.296. The van der Waals surface area contributed by atoms with Gasteiger partial charge in [0.1, 0.15) is 5.75 Å². The van der Waals surface area contributed by atoms with Gasteiger partial charge in [0, 0.05) is 6.04 Å². The predicted molar refractivity (Wildman–Crippen MR) is 79.0 cm³/mol. The highest BCUT2D eigenvalue weighted by molar-refractivity contribution is 6.32. The molecule has 0 aromatic heterocycles. The fourth-order valence-corrected chi connectivity index (χ4v) is 2.29. The molecule has 0 amide bonds. The van der Waals surface area contributed by atoms with Crippen molar-refractivity contribution in [2.24, 2.45) is 11.7 Å². The third-order valence-corrected chi connectivity index (χ3v) is 3.25. The molecule has 1 aliphatic rings. The largest absolute Gasteiger partial charge is 0.491 e. The van der Waals surface area contributed by atoms with Crippen molar-refractivity contribution in [3.8, 4) is 5.75 Å². The van der Waals surface area contributed by atoms with Gasteiger partial charge in [-0.25, -0.2) is 0 Å². The molecule has 1 saturated carbocycles. The highest BCUT2D eigenvalue weighted by atomic mass is 35.5. The lowest BCUT2D eigenvalue weighted by Crippen LogP contribution is -2.18. The fourth-order valence-electron chi connectivity index (χ4n) is 1.95. The van der Waals surface area contributed by atoms with Crippen molar-refractivity contribution in [2.75, 3.05) is 6.61 Å². The van der Waals surface area contributed by atoms with Gasteiger partial charge in [0.05, 0.1) is 11.6 Å². The van der Waals surface area contributed by atoms with Crippen LogP contribution in [0.25, 0.3) is 0 Å². The van der Waals surface area contributed by atoms with Gasteiger partial charge in [-0.1, -0.05) is 17.7 Å². The van der Waals surface area contributed by atoms with E-state index in [0.29, 0.717) is 5.02 Å². The van der Waals surface area contributed by atoms with Gasteiger partial charge in [-0.05, 0) is 56.2 Å². The summed E-state index contributed by atoms with van der Waals surface area (Å²) in [5.41, 5.74) is 8.15. The van der Waals surface area contributed by atoms with Gasteiger partial charge in [-0.2, -0.15) is 0 Å². The SMILES string of the molecule is Cc1cc(Cl)c(OCC2CC2)c(CC(C)N)c1.Cl. The van der Waals surface area contributed by atoms with Crippen LogP contribution in [-0.2, 0) is 6.42 Å². The molecule has 18 heavy (non-hydrogen) atoms. The molecular weight excluding hydrogens is 269 g/mol. The van der Waals surface area contributed by atoms with Crippen molar-refractivity contribution in [3.05, 3.63) is 28.3 Å². The minimum Gasteiger partial charge on any atom is -0.491 e. The lowest BCUT2D eigenvalue weighted by atomic mass is 10.0. The number of halogens is 2. The van der Waals surface area contributed by atoms with Gasteiger partial charge in [0.2, 0.25) is 0 Å². The number of hydrogen-bond acceptors (Lipinski definition) is 2. The Morgan fingerprint density at radius 3 is 2.67 bits per heavy atom. The summed E-state index contributed by atoms with van der Waals surface area (Å²) >= 11 is 6.26. The first-order chi connectivity index (χ1) is 8.06. The quantitative estimate of drug-likeness (QED) is 0.896. The van der Waals surface area contributed by atoms with Crippen molar-refractivity contribution in [3.63, 3.8) is 0 Å². The zero-order valence-corrected chi connectivity index (χ0v) is 12.5. The number of rotatable bonds is 5. The van der Waals surface area contributed by atoms with Crippen molar-refractivity contribution in [2.45, 2.75) is 39.2 Å². The zero-order valence-electron chi connectivity index (χ0n) is 10.9. The topological polar surface area (TPSA) is 35.2 Å². The Kier molecular flexibility index (Phi) is 5.77. The van der Waals surface area contributed by atoms with E-state index in [1.165, 1.54) is 12.8 Å². The molecule has 0 bridgehead atoms. The van der Waals surface area contributed by atoms with Crippen molar-refractivity contribution >= 4 is 24.0 Å². The van der Waals surface area contributed by atoms with E-state index in [1.54, 1.807) is 0 Å². The molecule has 0 heterocycles. The molecule has 0 saturated heterocycles. The van der Waals surface area contributed by atoms with E-state index in [-0.39, 0.29) is 18.4 Å². The molecule has 1 aromatic carbocycles. The van der Waals surface area contributed by atoms with E-state index >= 15 is 0 Å². The molecule has 1 atom stereocenters. The number of benzene rings is 1. The van der Waals surface area contributed by atoms with Crippen molar-refractivity contribution in [1.29, 1.82) is 0 Å². The third-order valence-electron chi connectivity index (χ3n) is 2.97. The summed E-state index contributed by atoms with van der Waals surface area (Å²) in [7, 11) is 0. The molecule has 102 valence electrons. The van der Waals surface area contributed by atoms with Crippen LogP contribution in [0.3, 0.4) is 0 Å². The Bertz CT molecular complexity index is 403. The van der Waals surface area contributed by atoms with Crippen LogP contribution in [0, 0.1) is 12.8 Å². The Hall–Kier alpha value is -0.440. The van der Waals surface area contributed by atoms with Gasteiger partial charge in [0.15, 0.2) is 0 Å². The van der Waals surface area contributed by atoms with E-state index in [0.717, 1.165) is 35.8 Å². The van der Waals surface area contributed by atoms with E-state index in [4.69, 9.17) is 22.1 Å². The summed E-state index contributed by atoms with van der Waals surface area (Å²) in [5, 5.41) is 0.710. The Morgan fingerprint density at radius 1 is 1.44 bits per heavy atom. The normalized spacial score (nSPS) is 16.0. The second kappa shape index (κ2) is 6.65. The van der Waals surface area contributed by atoms with Gasteiger partial charge >= 0.3 is 0 Å². The Balaban J connectivity index is 0.00000162. The van der Waals surface area contributed by atoms with E-state index in [9.17, 15) is 0 Å². The number of ether oxygens (including phenoxy) is 1. The summed E-state index contributed by atoms with van der Waals surface area (Å²) in [5.74, 6) is 1.57. The molecule has 2 N–H and O–H groups in total. The molecule has 1 aliphatic carbocycles. The molecule has 1 aromatic rings. The maximum absolute atomic E-state index is 6.26. The first-order valence-electron chi connectivity index (χ1n) is 6.23. The van der Waals surface area contributed by atoms with Crippen LogP contribution in [0.15, 0.2) is 12.1 Å². The summed E-state index contributed by atoms with van der Waals surface area (Å²) < 4.78 is 5.86. The maximum atomic E-state index is 6.26. The molecule has 0 spiro atoms. The summed E-state index contributed by atoms with van der Waals surface area (Å²) in [6.07, 6.45) is 3.37. The third kappa shape index (κ3) is 4.34. The van der Waals surface area contributed by atoms with Gasteiger partial charge in [0.25, 0.3) is 0 Å². The highest BCUT2D eigenvalue weighted by Gasteiger charge is 2.23. The van der Waals surface area contributed by atoms with Gasteiger partial charge < -0.3 is 10.5 Å². The van der Waals surface area contributed by atoms with Crippen molar-refractivity contribution < 1.29 is 4.74 Å². The molecule has 0 aliphatic heterocycles. The zero-order chi connectivity index (χ0) is 12.4. The Morgan fingerprint density at radius 2 is 2.11 bits per heavy atom. The van der Waals surface area contributed by atoms with E-state index in [1.807, 2.05) is 19.9 Å². The minimum absolute atomic E-state index is 0. The van der Waals surface area contributed by atoms with Crippen LogP contribution >= 0.6 is 24.0 Å². The average Bonchev–Trinajstić information content (AvgIpc) is 2.98.